The number of allylic oxidation sites excluding steroid dienone is 1. The van der Waals surface area contributed by atoms with Crippen molar-refractivity contribution < 1.29 is 0 Å². The van der Waals surface area contributed by atoms with E-state index in [9.17, 15) is 0 Å². The minimum atomic E-state index is 0. The van der Waals surface area contributed by atoms with Crippen molar-refractivity contribution in [2.45, 2.75) is 0 Å². The predicted octanol–water partition coefficient (Wildman–Crippen LogP) is 1.73. The quantitative estimate of drug-likeness (QED) is 0.708. The van der Waals surface area contributed by atoms with Crippen LogP contribution in [0, 0.1) is 0 Å². The Morgan fingerprint density at radius 2 is 2.00 bits per heavy atom. The summed E-state index contributed by atoms with van der Waals surface area (Å²) in [7, 11) is 0. The normalized spacial score (nSPS) is 12.3. The summed E-state index contributed by atoms with van der Waals surface area (Å²) in [6.07, 6.45) is 5.68. The molecule has 3 heteroatoms. The average Bonchev–Trinajstić information content (AvgIpc) is 2.28. The molecular weight excluding hydrogens is 343 g/mol. The van der Waals surface area contributed by atoms with Gasteiger partial charge in [-0.15, -0.1) is 0 Å². The van der Waals surface area contributed by atoms with E-state index in [1.54, 1.807) is 6.21 Å². The molecule has 12 heavy (non-hydrogen) atoms. The van der Waals surface area contributed by atoms with Crippen LogP contribution in [0.3, 0.4) is 0 Å². The smallest absolute Gasteiger partial charge is 0.0634 e. The molecule has 1 aromatic carbocycles. The molecule has 0 amide bonds. The molecule has 2 nitrogen and oxygen atoms in total. The molecule has 0 spiro atoms. The van der Waals surface area contributed by atoms with Crippen molar-refractivity contribution in [3.63, 3.8) is 0 Å². The molecule has 58 valence electrons. The van der Waals surface area contributed by atoms with Gasteiger partial charge in [0.2, 0.25) is 0 Å². The molecular formula is C9H8N2Pb. The van der Waals surface area contributed by atoms with Crippen molar-refractivity contribution in [3.8, 4) is 0 Å². The van der Waals surface area contributed by atoms with E-state index in [1.165, 1.54) is 5.56 Å². The van der Waals surface area contributed by atoms with Crippen LogP contribution in [-0.4, -0.2) is 33.5 Å². The molecule has 1 aromatic rings. The Morgan fingerprint density at radius 3 is 2.92 bits per heavy atom. The van der Waals surface area contributed by atoms with Crippen LogP contribution in [0.5, 0.6) is 0 Å². The van der Waals surface area contributed by atoms with Crippen molar-refractivity contribution in [1.82, 2.24) is 0 Å². The first-order valence-electron chi connectivity index (χ1n) is 3.51. The SMILES string of the molecule is C1=Cc2ccccc2NN=C1.[Pb]. The molecule has 0 unspecified atom stereocenters. The molecule has 1 heterocycles. The second kappa shape index (κ2) is 4.40. The zero-order valence-corrected chi connectivity index (χ0v) is 10.4. The number of rotatable bonds is 0. The number of fused-ring (bicyclic) bond motifs is 1. The third-order valence-corrected chi connectivity index (χ3v) is 1.58. The second-order valence-electron chi connectivity index (χ2n) is 2.34. The van der Waals surface area contributed by atoms with Crippen molar-refractivity contribution in [1.29, 1.82) is 0 Å². The van der Waals surface area contributed by atoms with E-state index in [2.05, 4.69) is 10.5 Å². The number of nitrogens with zero attached hydrogens (tertiary/aromatic N) is 1. The molecule has 0 aromatic heterocycles. The summed E-state index contributed by atoms with van der Waals surface area (Å²) in [5.41, 5.74) is 5.16. The number of nitrogens with one attached hydrogen (secondary N) is 1. The van der Waals surface area contributed by atoms with Gasteiger partial charge in [0, 0.05) is 33.5 Å². The largest absolute Gasteiger partial charge is 0.278 e. The zero-order chi connectivity index (χ0) is 7.52. The van der Waals surface area contributed by atoms with Crippen molar-refractivity contribution in [2.75, 3.05) is 5.43 Å². The molecule has 2 rings (SSSR count). The van der Waals surface area contributed by atoms with Crippen molar-refractivity contribution >= 4 is 45.3 Å². The van der Waals surface area contributed by atoms with Gasteiger partial charge < -0.3 is 0 Å². The van der Waals surface area contributed by atoms with Crippen LogP contribution in [0.2, 0.25) is 0 Å². The van der Waals surface area contributed by atoms with Gasteiger partial charge in [0.05, 0.1) is 5.69 Å². The van der Waals surface area contributed by atoms with Crippen LogP contribution in [0.4, 0.5) is 5.69 Å². The number of benzene rings is 1. The third-order valence-electron chi connectivity index (χ3n) is 1.58. The van der Waals surface area contributed by atoms with Gasteiger partial charge in [-0.1, -0.05) is 24.3 Å². The molecule has 0 bridgehead atoms. The predicted molar refractivity (Wildman–Crippen MR) is 53.3 cm³/mol. The van der Waals surface area contributed by atoms with Crippen LogP contribution >= 0.6 is 0 Å². The van der Waals surface area contributed by atoms with Crippen LogP contribution in [0.1, 0.15) is 5.56 Å². The standard InChI is InChI=1S/C9H8N2.Pb/c1-2-6-9-8(4-1)5-3-7-10-11-9;/h1-7,11H;. The maximum atomic E-state index is 3.95. The van der Waals surface area contributed by atoms with Gasteiger partial charge in [-0.2, -0.15) is 5.10 Å². The Balaban J connectivity index is 0.000000720. The van der Waals surface area contributed by atoms with Gasteiger partial charge in [0.1, 0.15) is 0 Å². The molecule has 0 atom stereocenters. The van der Waals surface area contributed by atoms with E-state index in [-0.39, 0.29) is 27.3 Å². The maximum absolute atomic E-state index is 3.95. The molecule has 1 N–H and O–H groups in total. The number of para-hydroxylation sites is 1. The molecule has 0 saturated carbocycles. The first-order valence-corrected chi connectivity index (χ1v) is 3.51. The minimum Gasteiger partial charge on any atom is -0.278 e. The van der Waals surface area contributed by atoms with E-state index in [0.717, 1.165) is 5.69 Å². The molecule has 4 radical (unpaired) electrons. The monoisotopic (exact) mass is 352 g/mol. The van der Waals surface area contributed by atoms with Crippen LogP contribution < -0.4 is 5.43 Å². The fourth-order valence-corrected chi connectivity index (χ4v) is 1.04. The number of hydrogen-bond acceptors (Lipinski definition) is 2. The van der Waals surface area contributed by atoms with E-state index in [1.807, 2.05) is 36.4 Å². The fourth-order valence-electron chi connectivity index (χ4n) is 1.04. The Kier molecular flexibility index (Phi) is 3.46. The summed E-state index contributed by atoms with van der Waals surface area (Å²) in [5.74, 6) is 0. The van der Waals surface area contributed by atoms with Gasteiger partial charge in [0.15, 0.2) is 0 Å². The summed E-state index contributed by atoms with van der Waals surface area (Å²) in [6, 6.07) is 8.05. The summed E-state index contributed by atoms with van der Waals surface area (Å²) < 4.78 is 0. The summed E-state index contributed by atoms with van der Waals surface area (Å²) in [5, 5.41) is 3.95. The molecule has 0 fully saturated rings. The van der Waals surface area contributed by atoms with Gasteiger partial charge in [-0.25, -0.2) is 0 Å². The average molecular weight is 351 g/mol. The Labute approximate surface area is 91.5 Å². The summed E-state index contributed by atoms with van der Waals surface area (Å²) in [4.78, 5) is 0. The molecule has 1 aliphatic heterocycles. The van der Waals surface area contributed by atoms with Crippen molar-refractivity contribution in [2.24, 2.45) is 5.10 Å². The molecule has 0 aliphatic carbocycles. The fraction of sp³-hybridized carbons (Fsp3) is 0. The summed E-state index contributed by atoms with van der Waals surface area (Å²) in [6.45, 7) is 0. The Morgan fingerprint density at radius 1 is 1.17 bits per heavy atom. The number of anilines is 1. The van der Waals surface area contributed by atoms with Crippen LogP contribution in [0.25, 0.3) is 6.08 Å². The van der Waals surface area contributed by atoms with Gasteiger partial charge >= 0.3 is 0 Å². The van der Waals surface area contributed by atoms with Gasteiger partial charge in [0.25, 0.3) is 0 Å². The van der Waals surface area contributed by atoms with E-state index < -0.39 is 0 Å². The maximum Gasteiger partial charge on any atom is 0.0634 e. The summed E-state index contributed by atoms with van der Waals surface area (Å²) >= 11 is 0. The van der Waals surface area contributed by atoms with Crippen LogP contribution in [-0.2, 0) is 0 Å². The molecule has 1 aliphatic rings. The first kappa shape index (κ1) is 9.44. The molecule has 0 saturated heterocycles. The zero-order valence-electron chi connectivity index (χ0n) is 6.49. The number of hydrazone groups is 1. The Bertz CT molecular complexity index is 318. The third kappa shape index (κ3) is 1.94. The topological polar surface area (TPSA) is 24.4 Å². The van der Waals surface area contributed by atoms with Gasteiger partial charge in [-0.05, 0) is 17.7 Å². The second-order valence-corrected chi connectivity index (χ2v) is 2.34. The Hall–Kier alpha value is -0.648. The van der Waals surface area contributed by atoms with Crippen LogP contribution in [0.15, 0.2) is 35.4 Å². The minimum absolute atomic E-state index is 0. The number of hydrogen-bond donors (Lipinski definition) is 1. The first-order chi connectivity index (χ1) is 5.47. The van der Waals surface area contributed by atoms with Crippen molar-refractivity contribution in [3.05, 3.63) is 35.9 Å². The van der Waals surface area contributed by atoms with E-state index in [4.69, 9.17) is 0 Å². The van der Waals surface area contributed by atoms with E-state index >= 15 is 0 Å². The van der Waals surface area contributed by atoms with E-state index in [0.29, 0.717) is 0 Å². The van der Waals surface area contributed by atoms with Gasteiger partial charge in [-0.3, -0.25) is 5.43 Å².